The number of aromatic nitrogens is 2. The Morgan fingerprint density at radius 1 is 1.27 bits per heavy atom. The van der Waals surface area contributed by atoms with Crippen molar-refractivity contribution in [3.63, 3.8) is 0 Å². The quantitative estimate of drug-likeness (QED) is 0.742. The van der Waals surface area contributed by atoms with Gasteiger partial charge in [-0.3, -0.25) is 9.36 Å². The van der Waals surface area contributed by atoms with Gasteiger partial charge in [0.2, 0.25) is 5.91 Å². The number of methoxy groups -OCH3 is 1. The van der Waals surface area contributed by atoms with Crippen molar-refractivity contribution in [2.45, 2.75) is 5.25 Å². The number of hydrogen-bond donors (Lipinski definition) is 2. The van der Waals surface area contributed by atoms with Crippen molar-refractivity contribution < 1.29 is 14.6 Å². The number of nitrogens with zero attached hydrogens (tertiary/aromatic N) is 2. The molecule has 3 aromatic rings. The molecule has 0 bridgehead atoms. The molecule has 6 nitrogen and oxygen atoms in total. The van der Waals surface area contributed by atoms with Crippen LogP contribution in [0.1, 0.15) is 16.5 Å². The average Bonchev–Trinajstić information content (AvgIpc) is 2.99. The van der Waals surface area contributed by atoms with E-state index in [9.17, 15) is 9.90 Å². The van der Waals surface area contributed by atoms with E-state index in [4.69, 9.17) is 4.74 Å². The molecule has 2 heterocycles. The molecule has 1 amide bonds. The second-order valence-electron chi connectivity index (χ2n) is 5.88. The highest BCUT2D eigenvalue weighted by Gasteiger charge is 2.29. The van der Waals surface area contributed by atoms with E-state index in [1.54, 1.807) is 25.6 Å². The average molecular weight is 367 g/mol. The van der Waals surface area contributed by atoms with Crippen molar-refractivity contribution in [2.75, 3.05) is 18.2 Å². The van der Waals surface area contributed by atoms with Crippen LogP contribution in [0.2, 0.25) is 0 Å². The standard InChI is InChI=1S/C19H17N3O3S/c1-25-15-4-2-3-13(9-15)22-11-20-19-17(22)18(26-10-16(24)21-19)12-5-7-14(23)8-6-12/h2-9,11,18,23H,10H2,1H3,(H,21,24)/t18-/m0/s1. The molecule has 1 aliphatic rings. The number of carbonyl (C=O) groups is 1. The number of carbonyl (C=O) groups excluding carboxylic acids is 1. The highest BCUT2D eigenvalue weighted by molar-refractivity contribution is 8.00. The van der Waals surface area contributed by atoms with Crippen LogP contribution >= 0.6 is 11.8 Å². The van der Waals surface area contributed by atoms with Crippen molar-refractivity contribution in [1.29, 1.82) is 0 Å². The van der Waals surface area contributed by atoms with E-state index in [0.717, 1.165) is 22.7 Å². The lowest BCUT2D eigenvalue weighted by Gasteiger charge is -2.18. The third-order valence-corrected chi connectivity index (χ3v) is 5.48. The molecule has 0 saturated carbocycles. The summed E-state index contributed by atoms with van der Waals surface area (Å²) in [7, 11) is 1.63. The molecule has 0 unspecified atom stereocenters. The monoisotopic (exact) mass is 367 g/mol. The molecule has 0 saturated heterocycles. The van der Waals surface area contributed by atoms with Crippen LogP contribution in [-0.2, 0) is 4.79 Å². The van der Waals surface area contributed by atoms with Gasteiger partial charge < -0.3 is 15.2 Å². The van der Waals surface area contributed by atoms with E-state index in [1.165, 1.54) is 11.8 Å². The number of rotatable bonds is 3. The fraction of sp³-hybridized carbons (Fsp3) is 0.158. The molecule has 0 aliphatic carbocycles. The van der Waals surface area contributed by atoms with Gasteiger partial charge >= 0.3 is 0 Å². The number of aromatic hydroxyl groups is 1. The van der Waals surface area contributed by atoms with Crippen molar-refractivity contribution in [2.24, 2.45) is 0 Å². The van der Waals surface area contributed by atoms with Crippen LogP contribution in [0.15, 0.2) is 54.9 Å². The first kappa shape index (κ1) is 16.5. The van der Waals surface area contributed by atoms with Crippen LogP contribution in [0.25, 0.3) is 5.69 Å². The highest BCUT2D eigenvalue weighted by Crippen LogP contribution is 2.42. The largest absolute Gasteiger partial charge is 0.508 e. The van der Waals surface area contributed by atoms with Crippen molar-refractivity contribution in [1.82, 2.24) is 9.55 Å². The number of nitrogens with one attached hydrogen (secondary N) is 1. The zero-order valence-electron chi connectivity index (χ0n) is 14.0. The fourth-order valence-corrected chi connectivity index (χ4v) is 4.10. The van der Waals surface area contributed by atoms with Gasteiger partial charge in [0, 0.05) is 6.07 Å². The molecule has 1 aliphatic heterocycles. The van der Waals surface area contributed by atoms with Gasteiger partial charge in [0.15, 0.2) is 5.82 Å². The molecule has 1 aromatic heterocycles. The second-order valence-corrected chi connectivity index (χ2v) is 6.97. The van der Waals surface area contributed by atoms with Gasteiger partial charge in [-0.2, -0.15) is 0 Å². The normalized spacial score (nSPS) is 16.5. The second kappa shape index (κ2) is 6.76. The number of imidazole rings is 1. The lowest BCUT2D eigenvalue weighted by Crippen LogP contribution is -2.12. The van der Waals surface area contributed by atoms with Gasteiger partial charge in [0.05, 0.1) is 29.5 Å². The van der Waals surface area contributed by atoms with Crippen LogP contribution in [0.4, 0.5) is 5.82 Å². The number of ether oxygens (including phenoxy) is 1. The van der Waals surface area contributed by atoms with Crippen LogP contribution in [0, 0.1) is 0 Å². The molecule has 4 rings (SSSR count). The zero-order valence-corrected chi connectivity index (χ0v) is 14.9. The van der Waals surface area contributed by atoms with E-state index >= 15 is 0 Å². The molecule has 0 radical (unpaired) electrons. The topological polar surface area (TPSA) is 76.4 Å². The van der Waals surface area contributed by atoms with Gasteiger partial charge in [-0.25, -0.2) is 4.98 Å². The van der Waals surface area contributed by atoms with Crippen LogP contribution in [-0.4, -0.2) is 33.4 Å². The Morgan fingerprint density at radius 3 is 2.85 bits per heavy atom. The number of fused-ring (bicyclic) bond motifs is 1. The minimum Gasteiger partial charge on any atom is -0.508 e. The lowest BCUT2D eigenvalue weighted by atomic mass is 10.1. The Morgan fingerprint density at radius 2 is 2.08 bits per heavy atom. The highest BCUT2D eigenvalue weighted by atomic mass is 32.2. The van der Waals surface area contributed by atoms with Crippen molar-refractivity contribution >= 4 is 23.5 Å². The summed E-state index contributed by atoms with van der Waals surface area (Å²) in [6.07, 6.45) is 1.71. The van der Waals surface area contributed by atoms with Gasteiger partial charge in [-0.15, -0.1) is 11.8 Å². The molecule has 132 valence electrons. The number of thioether (sulfide) groups is 1. The summed E-state index contributed by atoms with van der Waals surface area (Å²) in [6.45, 7) is 0. The van der Waals surface area contributed by atoms with E-state index in [0.29, 0.717) is 11.6 Å². The van der Waals surface area contributed by atoms with Gasteiger partial charge in [-0.05, 0) is 29.8 Å². The van der Waals surface area contributed by atoms with Gasteiger partial charge in [0.1, 0.15) is 17.8 Å². The smallest absolute Gasteiger partial charge is 0.235 e. The molecule has 26 heavy (non-hydrogen) atoms. The molecular formula is C19H17N3O3S. The molecule has 1 atom stereocenters. The SMILES string of the molecule is COc1cccc(-n2cnc3c2[C@H](c2ccc(O)cc2)SCC(=O)N3)c1. The first-order valence-electron chi connectivity index (χ1n) is 8.08. The number of amides is 1. The number of benzene rings is 2. The van der Waals surface area contributed by atoms with Crippen molar-refractivity contribution in [3.05, 3.63) is 66.1 Å². The first-order chi connectivity index (χ1) is 12.7. The molecule has 0 spiro atoms. The van der Waals surface area contributed by atoms with Gasteiger partial charge in [-0.1, -0.05) is 18.2 Å². The summed E-state index contributed by atoms with van der Waals surface area (Å²) < 4.78 is 7.29. The molecule has 2 aromatic carbocycles. The summed E-state index contributed by atoms with van der Waals surface area (Å²) in [5.41, 5.74) is 2.79. The number of hydrogen-bond acceptors (Lipinski definition) is 5. The Kier molecular flexibility index (Phi) is 4.30. The number of anilines is 1. The maximum Gasteiger partial charge on any atom is 0.235 e. The molecule has 2 N–H and O–H groups in total. The Labute approximate surface area is 154 Å². The van der Waals surface area contributed by atoms with E-state index in [2.05, 4.69) is 10.3 Å². The third kappa shape index (κ3) is 3.01. The molecule has 7 heteroatoms. The summed E-state index contributed by atoms with van der Waals surface area (Å²) in [6, 6.07) is 14.7. The van der Waals surface area contributed by atoms with Crippen LogP contribution in [0.5, 0.6) is 11.5 Å². The van der Waals surface area contributed by atoms with E-state index in [-0.39, 0.29) is 16.9 Å². The summed E-state index contributed by atoms with van der Waals surface area (Å²) in [5, 5.41) is 12.4. The van der Waals surface area contributed by atoms with E-state index < -0.39 is 0 Å². The van der Waals surface area contributed by atoms with E-state index in [1.807, 2.05) is 41.0 Å². The fourth-order valence-electron chi connectivity index (χ4n) is 2.98. The predicted octanol–water partition coefficient (Wildman–Crippen LogP) is 3.36. The third-order valence-electron chi connectivity index (χ3n) is 4.22. The minimum absolute atomic E-state index is 0.0755. The van der Waals surface area contributed by atoms with Crippen LogP contribution in [0.3, 0.4) is 0 Å². The first-order valence-corrected chi connectivity index (χ1v) is 9.12. The zero-order chi connectivity index (χ0) is 18.1. The summed E-state index contributed by atoms with van der Waals surface area (Å²) >= 11 is 1.53. The van der Waals surface area contributed by atoms with Crippen molar-refractivity contribution in [3.8, 4) is 17.2 Å². The Hall–Kier alpha value is -2.93. The van der Waals surface area contributed by atoms with Crippen LogP contribution < -0.4 is 10.1 Å². The lowest BCUT2D eigenvalue weighted by molar-refractivity contribution is -0.113. The maximum atomic E-state index is 12.1. The molecule has 0 fully saturated rings. The maximum absolute atomic E-state index is 12.1. The number of phenolic OH excluding ortho intramolecular Hbond substituents is 1. The Balaban J connectivity index is 1.86. The van der Waals surface area contributed by atoms with Gasteiger partial charge in [0.25, 0.3) is 0 Å². The Bertz CT molecular complexity index is 953. The summed E-state index contributed by atoms with van der Waals surface area (Å²) in [5.74, 6) is 1.77. The summed E-state index contributed by atoms with van der Waals surface area (Å²) in [4.78, 5) is 16.5. The molecular weight excluding hydrogens is 350 g/mol. The number of phenols is 1. The minimum atomic E-state index is -0.0988. The predicted molar refractivity (Wildman–Crippen MR) is 101 cm³/mol.